The van der Waals surface area contributed by atoms with Crippen molar-refractivity contribution in [3.63, 3.8) is 0 Å². The minimum Gasteiger partial charge on any atom is -0.316 e. The molecule has 0 aromatic carbocycles. The third-order valence-corrected chi connectivity index (χ3v) is 4.95. The second kappa shape index (κ2) is 6.40. The summed E-state index contributed by atoms with van der Waals surface area (Å²) in [6.07, 6.45) is 9.66. The number of hydrogen-bond donors (Lipinski definition) is 1. The Kier molecular flexibility index (Phi) is 4.86. The van der Waals surface area contributed by atoms with Crippen LogP contribution >= 0.6 is 11.8 Å². The Morgan fingerprint density at radius 1 is 1.29 bits per heavy atom. The van der Waals surface area contributed by atoms with Gasteiger partial charge in [-0.05, 0) is 19.9 Å². The fourth-order valence-electron chi connectivity index (χ4n) is 2.45. The van der Waals surface area contributed by atoms with E-state index in [4.69, 9.17) is 0 Å². The average Bonchev–Trinajstić information content (AvgIpc) is 2.69. The monoisotopic (exact) mass is 254 g/mol. The molecule has 1 N–H and O–H groups in total. The minimum absolute atomic E-state index is 0.608. The zero-order valence-electron chi connectivity index (χ0n) is 10.7. The van der Waals surface area contributed by atoms with Crippen LogP contribution in [0.1, 0.15) is 38.5 Å². The molecule has 1 heterocycles. The van der Waals surface area contributed by atoms with Crippen LogP contribution in [0.15, 0.2) is 11.5 Å². The van der Waals surface area contributed by atoms with E-state index in [1.54, 1.807) is 6.33 Å². The predicted molar refractivity (Wildman–Crippen MR) is 71.2 cm³/mol. The Morgan fingerprint density at radius 3 is 2.71 bits per heavy atom. The quantitative estimate of drug-likeness (QED) is 0.898. The largest absolute Gasteiger partial charge is 0.316 e. The smallest absolute Gasteiger partial charge is 0.186 e. The summed E-state index contributed by atoms with van der Waals surface area (Å²) in [5, 5.41) is 9.28. The Balaban J connectivity index is 2.01. The second-order valence-electron chi connectivity index (χ2n) is 4.71. The maximum absolute atomic E-state index is 4.32. The van der Waals surface area contributed by atoms with E-state index in [1.807, 2.05) is 23.5 Å². The van der Waals surface area contributed by atoms with Crippen LogP contribution in [-0.2, 0) is 7.05 Å². The molecular weight excluding hydrogens is 232 g/mol. The van der Waals surface area contributed by atoms with Crippen LogP contribution in [0, 0.1) is 0 Å². The zero-order valence-corrected chi connectivity index (χ0v) is 11.5. The summed E-state index contributed by atoms with van der Waals surface area (Å²) in [5.74, 6) is 0. The van der Waals surface area contributed by atoms with Gasteiger partial charge < -0.3 is 5.32 Å². The van der Waals surface area contributed by atoms with Gasteiger partial charge in [0.2, 0.25) is 0 Å². The highest BCUT2D eigenvalue weighted by Gasteiger charge is 2.23. The lowest BCUT2D eigenvalue weighted by Crippen LogP contribution is -2.36. The molecule has 1 aromatic heterocycles. The normalized spacial score (nSPS) is 26.5. The summed E-state index contributed by atoms with van der Waals surface area (Å²) >= 11 is 1.88. The van der Waals surface area contributed by atoms with Gasteiger partial charge in [0.15, 0.2) is 5.16 Å². The molecule has 5 heteroatoms. The summed E-state index contributed by atoms with van der Waals surface area (Å²) in [4.78, 5) is 4.32. The van der Waals surface area contributed by atoms with Gasteiger partial charge in [0.05, 0.1) is 0 Å². The maximum Gasteiger partial charge on any atom is 0.186 e. The van der Waals surface area contributed by atoms with Gasteiger partial charge in [0, 0.05) is 18.3 Å². The van der Waals surface area contributed by atoms with Crippen LogP contribution in [0.25, 0.3) is 0 Å². The molecule has 2 atom stereocenters. The van der Waals surface area contributed by atoms with Gasteiger partial charge in [-0.2, -0.15) is 5.10 Å². The van der Waals surface area contributed by atoms with Gasteiger partial charge in [0.1, 0.15) is 6.33 Å². The average molecular weight is 254 g/mol. The number of hydrogen-bond acceptors (Lipinski definition) is 4. The first kappa shape index (κ1) is 12.9. The summed E-state index contributed by atoms with van der Waals surface area (Å²) in [5.41, 5.74) is 0. The van der Waals surface area contributed by atoms with Crippen LogP contribution in [0.5, 0.6) is 0 Å². The fourth-order valence-corrected chi connectivity index (χ4v) is 3.75. The van der Waals surface area contributed by atoms with E-state index >= 15 is 0 Å². The highest BCUT2D eigenvalue weighted by atomic mass is 32.2. The van der Waals surface area contributed by atoms with Crippen molar-refractivity contribution in [1.29, 1.82) is 0 Å². The Morgan fingerprint density at radius 2 is 2.06 bits per heavy atom. The van der Waals surface area contributed by atoms with Gasteiger partial charge in [-0.1, -0.05) is 37.4 Å². The summed E-state index contributed by atoms with van der Waals surface area (Å²) in [6, 6.07) is 0.608. The molecule has 17 heavy (non-hydrogen) atoms. The summed E-state index contributed by atoms with van der Waals surface area (Å²) in [6.45, 7) is 0. The third-order valence-electron chi connectivity index (χ3n) is 3.50. The first-order valence-corrected chi connectivity index (χ1v) is 7.37. The van der Waals surface area contributed by atoms with Gasteiger partial charge in [-0.15, -0.1) is 0 Å². The molecule has 0 aliphatic heterocycles. The minimum atomic E-state index is 0.608. The molecule has 1 saturated carbocycles. The topological polar surface area (TPSA) is 42.7 Å². The lowest BCUT2D eigenvalue weighted by atomic mass is 9.96. The van der Waals surface area contributed by atoms with E-state index in [1.165, 1.54) is 38.5 Å². The molecule has 0 radical (unpaired) electrons. The maximum atomic E-state index is 4.32. The van der Waals surface area contributed by atoms with E-state index in [0.717, 1.165) is 5.16 Å². The molecular formula is C12H22N4S. The van der Waals surface area contributed by atoms with E-state index in [9.17, 15) is 0 Å². The first-order valence-electron chi connectivity index (χ1n) is 6.49. The standard InChI is InChI=1S/C12H22N4S/c1-13-10-7-5-3-4-6-8-11(10)17-12-14-9-15-16(12)2/h9-11,13H,3-8H2,1-2H3. The van der Waals surface area contributed by atoms with Crippen molar-refractivity contribution in [2.24, 2.45) is 7.05 Å². The highest BCUT2D eigenvalue weighted by molar-refractivity contribution is 7.99. The molecule has 0 amide bonds. The molecule has 1 aromatic rings. The van der Waals surface area contributed by atoms with Crippen LogP contribution in [0.2, 0.25) is 0 Å². The van der Waals surface area contributed by atoms with Crippen molar-refractivity contribution in [2.75, 3.05) is 7.05 Å². The Hall–Kier alpha value is -0.550. The van der Waals surface area contributed by atoms with Crippen molar-refractivity contribution in [3.05, 3.63) is 6.33 Å². The highest BCUT2D eigenvalue weighted by Crippen LogP contribution is 2.30. The number of rotatable bonds is 3. The first-order chi connectivity index (χ1) is 8.31. The van der Waals surface area contributed by atoms with Crippen LogP contribution in [0.3, 0.4) is 0 Å². The predicted octanol–water partition coefficient (Wildman–Crippen LogP) is 2.22. The van der Waals surface area contributed by atoms with E-state index in [0.29, 0.717) is 11.3 Å². The number of nitrogens with zero attached hydrogens (tertiary/aromatic N) is 3. The van der Waals surface area contributed by atoms with Gasteiger partial charge in [-0.3, -0.25) is 0 Å². The lowest BCUT2D eigenvalue weighted by molar-refractivity contribution is 0.419. The molecule has 0 bridgehead atoms. The third kappa shape index (κ3) is 3.45. The molecule has 1 aliphatic rings. The van der Waals surface area contributed by atoms with E-state index in [2.05, 4.69) is 22.4 Å². The van der Waals surface area contributed by atoms with Crippen LogP contribution < -0.4 is 5.32 Å². The molecule has 2 unspecified atom stereocenters. The number of aryl methyl sites for hydroxylation is 1. The summed E-state index contributed by atoms with van der Waals surface area (Å²) < 4.78 is 1.87. The van der Waals surface area contributed by atoms with Crippen LogP contribution in [0.4, 0.5) is 0 Å². The second-order valence-corrected chi connectivity index (χ2v) is 5.92. The van der Waals surface area contributed by atoms with Crippen molar-refractivity contribution in [2.45, 2.75) is 55.0 Å². The van der Waals surface area contributed by atoms with Gasteiger partial charge >= 0.3 is 0 Å². The van der Waals surface area contributed by atoms with Crippen molar-refractivity contribution < 1.29 is 0 Å². The van der Waals surface area contributed by atoms with Gasteiger partial charge in [0.25, 0.3) is 0 Å². The molecule has 4 nitrogen and oxygen atoms in total. The SMILES string of the molecule is CNC1CCCCCCC1Sc1ncnn1C. The van der Waals surface area contributed by atoms with Crippen molar-refractivity contribution >= 4 is 11.8 Å². The van der Waals surface area contributed by atoms with E-state index < -0.39 is 0 Å². The number of nitrogens with one attached hydrogen (secondary N) is 1. The molecule has 1 aliphatic carbocycles. The van der Waals surface area contributed by atoms with Crippen molar-refractivity contribution in [1.82, 2.24) is 20.1 Å². The number of thioether (sulfide) groups is 1. The molecule has 1 fully saturated rings. The number of aromatic nitrogens is 3. The van der Waals surface area contributed by atoms with Crippen molar-refractivity contribution in [3.8, 4) is 0 Å². The molecule has 0 spiro atoms. The van der Waals surface area contributed by atoms with E-state index in [-0.39, 0.29) is 0 Å². The van der Waals surface area contributed by atoms with Gasteiger partial charge in [-0.25, -0.2) is 9.67 Å². The molecule has 2 rings (SSSR count). The molecule has 0 saturated heterocycles. The Labute approximate surface area is 108 Å². The van der Waals surface area contributed by atoms with Crippen LogP contribution in [-0.4, -0.2) is 33.1 Å². The lowest BCUT2D eigenvalue weighted by Gasteiger charge is -2.28. The Bertz CT molecular complexity index is 339. The fraction of sp³-hybridized carbons (Fsp3) is 0.833. The summed E-state index contributed by atoms with van der Waals surface area (Å²) in [7, 11) is 4.04. The molecule has 96 valence electrons. The zero-order chi connectivity index (χ0) is 12.1.